The van der Waals surface area contributed by atoms with Gasteiger partial charge in [-0.3, -0.25) is 10.1 Å². The number of nitro benzene ring substituents is 1. The van der Waals surface area contributed by atoms with Crippen LogP contribution in [0, 0.1) is 21.4 Å². The van der Waals surface area contributed by atoms with Crippen molar-refractivity contribution in [1.29, 1.82) is 5.26 Å². The smallest absolute Gasteiger partial charge is 0.357 e. The maximum Gasteiger partial charge on any atom is 0.357 e. The number of benzene rings is 3. The number of nitro groups is 1. The highest BCUT2D eigenvalue weighted by Gasteiger charge is 2.26. The van der Waals surface area contributed by atoms with Gasteiger partial charge < -0.3 is 4.84 Å². The van der Waals surface area contributed by atoms with Gasteiger partial charge in [0.1, 0.15) is 0 Å². The minimum atomic E-state index is -0.824. The molecular formula is C23H19N3O4. The van der Waals surface area contributed by atoms with Crippen LogP contribution in [0.15, 0.2) is 60.7 Å². The summed E-state index contributed by atoms with van der Waals surface area (Å²) in [5.41, 5.74) is 3.76. The Hall–Kier alpha value is -4.02. The summed E-state index contributed by atoms with van der Waals surface area (Å²) >= 11 is 0. The maximum absolute atomic E-state index is 12.1. The quantitative estimate of drug-likeness (QED) is 0.485. The van der Waals surface area contributed by atoms with E-state index in [1.54, 1.807) is 18.2 Å². The molecule has 0 radical (unpaired) electrons. The molecule has 0 aliphatic heterocycles. The molecule has 0 amide bonds. The van der Waals surface area contributed by atoms with Crippen LogP contribution in [0.25, 0.3) is 11.1 Å². The van der Waals surface area contributed by atoms with E-state index in [4.69, 9.17) is 5.90 Å². The summed E-state index contributed by atoms with van der Waals surface area (Å²) in [6, 6.07) is 19.8. The first-order chi connectivity index (χ1) is 14.5. The van der Waals surface area contributed by atoms with Crippen molar-refractivity contribution in [3.8, 4) is 17.2 Å². The average molecular weight is 401 g/mol. The Bertz CT molecular complexity index is 1150. The molecule has 0 atom stereocenters. The van der Waals surface area contributed by atoms with E-state index in [1.165, 1.54) is 6.07 Å². The van der Waals surface area contributed by atoms with E-state index in [0.717, 1.165) is 16.7 Å². The van der Waals surface area contributed by atoms with Crippen molar-refractivity contribution in [1.82, 2.24) is 0 Å². The van der Waals surface area contributed by atoms with Gasteiger partial charge in [0.2, 0.25) is 0 Å². The first kappa shape index (κ1) is 20.7. The van der Waals surface area contributed by atoms with E-state index in [2.05, 4.69) is 10.9 Å². The van der Waals surface area contributed by atoms with Gasteiger partial charge >= 0.3 is 5.97 Å². The van der Waals surface area contributed by atoms with Gasteiger partial charge in [0.05, 0.1) is 22.1 Å². The second-order valence-corrected chi connectivity index (χ2v) is 6.65. The number of aryl methyl sites for hydroxylation is 1. The van der Waals surface area contributed by atoms with Crippen LogP contribution < -0.4 is 5.90 Å². The molecule has 0 saturated carbocycles. The fourth-order valence-electron chi connectivity index (χ4n) is 3.47. The van der Waals surface area contributed by atoms with Crippen molar-refractivity contribution in [2.24, 2.45) is 5.90 Å². The molecule has 0 saturated heterocycles. The van der Waals surface area contributed by atoms with Crippen LogP contribution in [0.4, 0.5) is 5.69 Å². The zero-order valence-corrected chi connectivity index (χ0v) is 16.3. The Kier molecular flexibility index (Phi) is 6.20. The van der Waals surface area contributed by atoms with Crippen LogP contribution in [0.5, 0.6) is 0 Å². The first-order valence-electron chi connectivity index (χ1n) is 9.28. The maximum atomic E-state index is 12.1. The van der Waals surface area contributed by atoms with E-state index in [0.29, 0.717) is 17.5 Å². The lowest BCUT2D eigenvalue weighted by Gasteiger charge is -2.12. The predicted octanol–water partition coefficient (Wildman–Crippen LogP) is 4.32. The third-order valence-electron chi connectivity index (χ3n) is 4.95. The lowest BCUT2D eigenvalue weighted by molar-refractivity contribution is -0.386. The number of carbonyl (C=O) groups excluding carboxylic acids is 1. The third-order valence-corrected chi connectivity index (χ3v) is 4.95. The van der Waals surface area contributed by atoms with Crippen molar-refractivity contribution < 1.29 is 14.6 Å². The summed E-state index contributed by atoms with van der Waals surface area (Å²) in [7, 11) is 0. The van der Waals surface area contributed by atoms with E-state index >= 15 is 0 Å². The number of hydrogen-bond donors (Lipinski definition) is 1. The molecule has 3 rings (SSSR count). The highest BCUT2D eigenvalue weighted by atomic mass is 16.7. The van der Waals surface area contributed by atoms with Gasteiger partial charge in [-0.05, 0) is 35.2 Å². The number of nitrogens with two attached hydrogens (primary N) is 1. The van der Waals surface area contributed by atoms with Gasteiger partial charge in [0.25, 0.3) is 5.69 Å². The van der Waals surface area contributed by atoms with Gasteiger partial charge in [0.15, 0.2) is 0 Å². The molecular weight excluding hydrogens is 382 g/mol. The molecule has 3 aromatic carbocycles. The Morgan fingerprint density at radius 2 is 1.83 bits per heavy atom. The van der Waals surface area contributed by atoms with Crippen molar-refractivity contribution in [3.05, 3.63) is 98.6 Å². The molecule has 0 aliphatic carbocycles. The molecule has 0 bridgehead atoms. The lowest BCUT2D eigenvalue weighted by Crippen LogP contribution is -2.15. The molecule has 0 aromatic heterocycles. The van der Waals surface area contributed by atoms with Crippen molar-refractivity contribution in [2.45, 2.75) is 19.8 Å². The van der Waals surface area contributed by atoms with Crippen molar-refractivity contribution in [2.75, 3.05) is 0 Å². The Labute approximate surface area is 173 Å². The van der Waals surface area contributed by atoms with Crippen LogP contribution in [0.1, 0.15) is 39.5 Å². The minimum Gasteiger partial charge on any atom is -0.370 e. The standard InChI is InChI=1S/C23H19N3O4/c1-2-16-11-12-20(23(27)30-25)21(22(16)26(28)29)13-15-7-9-17(10-8-15)19-6-4-3-5-18(19)14-24/h3-12H,2,13,25H2,1H3. The van der Waals surface area contributed by atoms with Crippen molar-refractivity contribution >= 4 is 11.7 Å². The normalized spacial score (nSPS) is 10.3. The molecule has 0 heterocycles. The fourth-order valence-corrected chi connectivity index (χ4v) is 3.47. The van der Waals surface area contributed by atoms with Crippen LogP contribution in [0.3, 0.4) is 0 Å². The molecule has 0 aliphatic rings. The van der Waals surface area contributed by atoms with E-state index in [9.17, 15) is 20.2 Å². The largest absolute Gasteiger partial charge is 0.370 e. The van der Waals surface area contributed by atoms with Gasteiger partial charge in [0, 0.05) is 17.5 Å². The van der Waals surface area contributed by atoms with Crippen LogP contribution >= 0.6 is 0 Å². The number of carbonyl (C=O) groups is 1. The molecule has 150 valence electrons. The Balaban J connectivity index is 2.04. The summed E-state index contributed by atoms with van der Waals surface area (Å²) in [4.78, 5) is 27.7. The van der Waals surface area contributed by atoms with Gasteiger partial charge in [-0.25, -0.2) is 4.79 Å². The van der Waals surface area contributed by atoms with Gasteiger partial charge in [-0.1, -0.05) is 55.5 Å². The van der Waals surface area contributed by atoms with E-state index in [-0.39, 0.29) is 23.2 Å². The number of hydrogen-bond acceptors (Lipinski definition) is 6. The van der Waals surface area contributed by atoms with Gasteiger partial charge in [-0.15, -0.1) is 0 Å². The molecule has 0 spiro atoms. The second kappa shape index (κ2) is 8.99. The third kappa shape index (κ3) is 4.04. The number of rotatable bonds is 6. The average Bonchev–Trinajstić information content (AvgIpc) is 2.78. The molecule has 7 heteroatoms. The molecule has 30 heavy (non-hydrogen) atoms. The minimum absolute atomic E-state index is 0.0697. The molecule has 0 fully saturated rings. The predicted molar refractivity (Wildman–Crippen MR) is 111 cm³/mol. The van der Waals surface area contributed by atoms with E-state index < -0.39 is 10.9 Å². The van der Waals surface area contributed by atoms with Crippen molar-refractivity contribution in [3.63, 3.8) is 0 Å². The van der Waals surface area contributed by atoms with Crippen LogP contribution in [-0.2, 0) is 17.7 Å². The molecule has 7 nitrogen and oxygen atoms in total. The molecule has 0 unspecified atom stereocenters. The topological polar surface area (TPSA) is 119 Å². The highest BCUT2D eigenvalue weighted by Crippen LogP contribution is 2.31. The summed E-state index contributed by atoms with van der Waals surface area (Å²) < 4.78 is 0. The zero-order chi connectivity index (χ0) is 21.7. The fraction of sp³-hybridized carbons (Fsp3) is 0.130. The highest BCUT2D eigenvalue weighted by molar-refractivity contribution is 5.92. The van der Waals surface area contributed by atoms with Crippen LogP contribution in [-0.4, -0.2) is 10.9 Å². The van der Waals surface area contributed by atoms with Gasteiger partial charge in [-0.2, -0.15) is 11.2 Å². The number of nitriles is 1. The first-order valence-corrected chi connectivity index (χ1v) is 9.28. The summed E-state index contributed by atoms with van der Waals surface area (Å²) in [5.74, 6) is 4.21. The monoisotopic (exact) mass is 401 g/mol. The SMILES string of the molecule is CCc1ccc(C(=O)ON)c(Cc2ccc(-c3ccccc3C#N)cc2)c1[N+](=O)[O-]. The summed E-state index contributed by atoms with van der Waals surface area (Å²) in [5, 5.41) is 21.1. The second-order valence-electron chi connectivity index (χ2n) is 6.65. The van der Waals surface area contributed by atoms with Crippen LogP contribution in [0.2, 0.25) is 0 Å². The summed E-state index contributed by atoms with van der Waals surface area (Å²) in [6.07, 6.45) is 0.611. The molecule has 2 N–H and O–H groups in total. The van der Waals surface area contributed by atoms with E-state index in [1.807, 2.05) is 43.3 Å². The zero-order valence-electron chi connectivity index (χ0n) is 16.3. The lowest BCUT2D eigenvalue weighted by atomic mass is 9.93. The molecule has 3 aromatic rings. The summed E-state index contributed by atoms with van der Waals surface area (Å²) in [6.45, 7) is 1.81. The Morgan fingerprint density at radius 1 is 1.13 bits per heavy atom. The Morgan fingerprint density at radius 3 is 2.43 bits per heavy atom. The number of nitrogens with zero attached hydrogens (tertiary/aromatic N) is 2.